The number of rotatable bonds is 6. The summed E-state index contributed by atoms with van der Waals surface area (Å²) in [7, 11) is 0. The van der Waals surface area contributed by atoms with E-state index in [1.165, 1.54) is 6.07 Å². The van der Waals surface area contributed by atoms with Gasteiger partial charge in [-0.25, -0.2) is 0 Å². The van der Waals surface area contributed by atoms with Crippen LogP contribution in [0.4, 0.5) is 17.1 Å². The van der Waals surface area contributed by atoms with Crippen molar-refractivity contribution in [2.75, 3.05) is 36.4 Å². The molecule has 0 unspecified atom stereocenters. The van der Waals surface area contributed by atoms with Crippen molar-refractivity contribution in [2.24, 2.45) is 0 Å². The van der Waals surface area contributed by atoms with Crippen LogP contribution in [0, 0.1) is 17.0 Å². The van der Waals surface area contributed by atoms with Crippen molar-refractivity contribution in [3.63, 3.8) is 0 Å². The zero-order valence-corrected chi connectivity index (χ0v) is 18.3. The van der Waals surface area contributed by atoms with Crippen LogP contribution in [-0.4, -0.2) is 47.0 Å². The quantitative estimate of drug-likeness (QED) is 0.437. The van der Waals surface area contributed by atoms with Gasteiger partial charge in [0.1, 0.15) is 17.5 Å². The smallest absolute Gasteiger partial charge is 0.293 e. The van der Waals surface area contributed by atoms with E-state index in [1.807, 2.05) is 42.5 Å². The molecule has 0 bridgehead atoms. The van der Waals surface area contributed by atoms with Crippen molar-refractivity contribution in [2.45, 2.75) is 13.0 Å². The lowest BCUT2D eigenvalue weighted by Gasteiger charge is -2.39. The fourth-order valence-electron chi connectivity index (χ4n) is 4.22. The number of para-hydroxylation sites is 2. The van der Waals surface area contributed by atoms with E-state index in [4.69, 9.17) is 0 Å². The topological polar surface area (TPSA) is 99.0 Å². The number of hydrogen-bond donors (Lipinski definition) is 2. The normalized spacial score (nSPS) is 15.1. The molecule has 8 nitrogen and oxygen atoms in total. The Kier molecular flexibility index (Phi) is 6.55. The van der Waals surface area contributed by atoms with Crippen molar-refractivity contribution in [1.29, 1.82) is 0 Å². The fraction of sp³-hybridized carbons (Fsp3) is 0.240. The molecule has 3 aromatic rings. The Bertz CT molecular complexity index is 1140. The molecule has 1 saturated heterocycles. The first-order valence-corrected chi connectivity index (χ1v) is 10.8. The second-order valence-electron chi connectivity index (χ2n) is 8.09. The molecule has 3 aromatic carbocycles. The number of carbonyl (C=O) groups is 1. The third kappa shape index (κ3) is 4.96. The first-order valence-electron chi connectivity index (χ1n) is 10.8. The Labute approximate surface area is 192 Å². The number of benzene rings is 3. The zero-order valence-electron chi connectivity index (χ0n) is 18.3. The van der Waals surface area contributed by atoms with E-state index in [-0.39, 0.29) is 23.0 Å². The Morgan fingerprint density at radius 1 is 1.00 bits per heavy atom. The summed E-state index contributed by atoms with van der Waals surface area (Å²) in [4.78, 5) is 28.6. The van der Waals surface area contributed by atoms with E-state index in [0.29, 0.717) is 26.2 Å². The molecule has 1 fully saturated rings. The summed E-state index contributed by atoms with van der Waals surface area (Å²) in [6, 6.07) is 20.8. The van der Waals surface area contributed by atoms with Gasteiger partial charge in [-0.15, -0.1) is 0 Å². The van der Waals surface area contributed by atoms with Crippen LogP contribution >= 0.6 is 0 Å². The van der Waals surface area contributed by atoms with Crippen LogP contribution < -0.4 is 10.2 Å². The highest BCUT2D eigenvalue weighted by Gasteiger charge is 2.32. The average molecular weight is 447 g/mol. The summed E-state index contributed by atoms with van der Waals surface area (Å²) in [5, 5.41) is 24.5. The van der Waals surface area contributed by atoms with Gasteiger partial charge in [0.2, 0.25) is 5.91 Å². The summed E-state index contributed by atoms with van der Waals surface area (Å²) in [5.41, 5.74) is 2.40. The Morgan fingerprint density at radius 3 is 2.33 bits per heavy atom. The number of nitro groups is 1. The van der Waals surface area contributed by atoms with Crippen LogP contribution in [0.3, 0.4) is 0 Å². The van der Waals surface area contributed by atoms with Crippen molar-refractivity contribution in [3.05, 3.63) is 94.0 Å². The Hall–Kier alpha value is -3.91. The van der Waals surface area contributed by atoms with Gasteiger partial charge in [0, 0.05) is 32.2 Å². The maximum Gasteiger partial charge on any atom is 0.293 e. The van der Waals surface area contributed by atoms with Crippen LogP contribution in [0.1, 0.15) is 17.2 Å². The molecule has 4 rings (SSSR count). The van der Waals surface area contributed by atoms with Crippen LogP contribution in [0.15, 0.2) is 72.8 Å². The van der Waals surface area contributed by atoms with Crippen LogP contribution in [0.5, 0.6) is 5.75 Å². The van der Waals surface area contributed by atoms with E-state index >= 15 is 0 Å². The zero-order chi connectivity index (χ0) is 23.4. The number of phenols is 1. The predicted octanol–water partition coefficient (Wildman–Crippen LogP) is 4.11. The number of anilines is 2. The monoisotopic (exact) mass is 446 g/mol. The molecule has 0 radical (unpaired) electrons. The number of nitrogens with zero attached hydrogens (tertiary/aromatic N) is 3. The molecule has 33 heavy (non-hydrogen) atoms. The van der Waals surface area contributed by atoms with Gasteiger partial charge in [-0.1, -0.05) is 48.5 Å². The van der Waals surface area contributed by atoms with Gasteiger partial charge in [-0.2, -0.15) is 0 Å². The molecule has 0 aliphatic carbocycles. The molecular formula is C25H26N4O4. The van der Waals surface area contributed by atoms with Crippen LogP contribution in [0.2, 0.25) is 0 Å². The second kappa shape index (κ2) is 9.70. The van der Waals surface area contributed by atoms with Crippen molar-refractivity contribution in [3.8, 4) is 5.75 Å². The summed E-state index contributed by atoms with van der Waals surface area (Å²) in [6.07, 6.45) is 0. The number of aryl methyl sites for hydroxylation is 1. The highest BCUT2D eigenvalue weighted by molar-refractivity contribution is 5.97. The van der Waals surface area contributed by atoms with E-state index < -0.39 is 11.0 Å². The number of nitrogens with one attached hydrogen (secondary N) is 1. The number of piperazine rings is 1. The number of amides is 1. The molecule has 170 valence electrons. The van der Waals surface area contributed by atoms with Gasteiger partial charge in [-0.3, -0.25) is 19.8 Å². The summed E-state index contributed by atoms with van der Waals surface area (Å²) < 4.78 is 0. The first-order chi connectivity index (χ1) is 15.9. The minimum Gasteiger partial charge on any atom is -0.506 e. The molecule has 0 saturated carbocycles. The SMILES string of the molecule is Cc1ccc(NC(=O)[C@H](c2ccccc2)N2CCN(c3ccccc3O)CC2)c([N+](=O)[O-])c1. The van der Waals surface area contributed by atoms with Gasteiger partial charge in [0.25, 0.3) is 5.69 Å². The lowest BCUT2D eigenvalue weighted by Crippen LogP contribution is -2.50. The predicted molar refractivity (Wildman–Crippen MR) is 128 cm³/mol. The molecule has 8 heteroatoms. The van der Waals surface area contributed by atoms with E-state index in [1.54, 1.807) is 31.2 Å². The summed E-state index contributed by atoms with van der Waals surface area (Å²) in [6.45, 7) is 4.24. The maximum absolute atomic E-state index is 13.4. The van der Waals surface area contributed by atoms with Crippen molar-refractivity contribution in [1.82, 2.24) is 4.90 Å². The molecule has 1 atom stereocenters. The lowest BCUT2D eigenvalue weighted by atomic mass is 10.0. The highest BCUT2D eigenvalue weighted by atomic mass is 16.6. The first kappa shape index (κ1) is 22.3. The molecule has 2 N–H and O–H groups in total. The Balaban J connectivity index is 1.57. The Morgan fingerprint density at radius 2 is 1.67 bits per heavy atom. The molecular weight excluding hydrogens is 420 g/mol. The minimum atomic E-state index is -0.598. The fourth-order valence-corrected chi connectivity index (χ4v) is 4.22. The van der Waals surface area contributed by atoms with Crippen LogP contribution in [-0.2, 0) is 4.79 Å². The third-order valence-electron chi connectivity index (χ3n) is 5.87. The molecule has 0 spiro atoms. The average Bonchev–Trinajstić information content (AvgIpc) is 2.82. The van der Waals surface area contributed by atoms with Gasteiger partial charge in [0.05, 0.1) is 10.6 Å². The number of hydrogen-bond acceptors (Lipinski definition) is 6. The third-order valence-corrected chi connectivity index (χ3v) is 5.87. The van der Waals surface area contributed by atoms with Gasteiger partial charge >= 0.3 is 0 Å². The van der Waals surface area contributed by atoms with E-state index in [9.17, 15) is 20.0 Å². The van der Waals surface area contributed by atoms with Gasteiger partial charge in [-0.05, 0) is 36.2 Å². The van der Waals surface area contributed by atoms with E-state index in [0.717, 1.165) is 16.8 Å². The van der Waals surface area contributed by atoms with Crippen molar-refractivity contribution < 1.29 is 14.8 Å². The molecule has 0 aromatic heterocycles. The molecule has 1 aliphatic heterocycles. The summed E-state index contributed by atoms with van der Waals surface area (Å²) >= 11 is 0. The van der Waals surface area contributed by atoms with Gasteiger partial charge < -0.3 is 15.3 Å². The number of nitro benzene ring substituents is 1. The van der Waals surface area contributed by atoms with Crippen LogP contribution in [0.25, 0.3) is 0 Å². The largest absolute Gasteiger partial charge is 0.506 e. The lowest BCUT2D eigenvalue weighted by molar-refractivity contribution is -0.384. The second-order valence-corrected chi connectivity index (χ2v) is 8.09. The standard InChI is InChI=1S/C25H26N4O4/c1-18-11-12-20(22(17-18)29(32)33)26-25(31)24(19-7-3-2-4-8-19)28-15-13-27(14-16-28)21-9-5-6-10-23(21)30/h2-12,17,24,30H,13-16H2,1H3,(H,26,31)/t24-/m0/s1. The highest BCUT2D eigenvalue weighted by Crippen LogP contribution is 2.31. The number of carbonyl (C=O) groups excluding carboxylic acids is 1. The van der Waals surface area contributed by atoms with Gasteiger partial charge in [0.15, 0.2) is 0 Å². The number of aromatic hydroxyl groups is 1. The van der Waals surface area contributed by atoms with Crippen molar-refractivity contribution >= 4 is 23.0 Å². The number of phenolic OH excluding ortho intramolecular Hbond substituents is 1. The molecule has 1 aliphatic rings. The van der Waals surface area contributed by atoms with E-state index in [2.05, 4.69) is 15.1 Å². The molecule has 1 amide bonds. The molecule has 1 heterocycles. The summed E-state index contributed by atoms with van der Waals surface area (Å²) in [5.74, 6) is -0.0841. The minimum absolute atomic E-state index is 0.125. The maximum atomic E-state index is 13.4.